The van der Waals surface area contributed by atoms with Gasteiger partial charge < -0.3 is 14.9 Å². The lowest BCUT2D eigenvalue weighted by molar-refractivity contribution is -0.140. The van der Waals surface area contributed by atoms with Crippen LogP contribution in [0, 0.1) is 11.8 Å². The average Bonchev–Trinajstić information content (AvgIpc) is 3.80. The van der Waals surface area contributed by atoms with Gasteiger partial charge in [-0.15, -0.1) is 0 Å². The lowest BCUT2D eigenvalue weighted by Crippen LogP contribution is -2.57. The molecule has 7 nitrogen and oxygen atoms in total. The minimum atomic E-state index is -0.434. The first kappa shape index (κ1) is 21.4. The molecule has 8 heteroatoms. The van der Waals surface area contributed by atoms with Crippen LogP contribution in [-0.2, 0) is 4.79 Å². The summed E-state index contributed by atoms with van der Waals surface area (Å²) in [7, 11) is 0. The third-order valence-corrected chi connectivity index (χ3v) is 8.69. The van der Waals surface area contributed by atoms with Crippen LogP contribution < -0.4 is 0 Å². The summed E-state index contributed by atoms with van der Waals surface area (Å²) in [5.74, 6) is 0.988. The quantitative estimate of drug-likeness (QED) is 0.606. The maximum absolute atomic E-state index is 13.5. The monoisotopic (exact) mass is 490 g/mol. The minimum Gasteiger partial charge on any atom is -0.391 e. The Bertz CT molecular complexity index is 1350. The zero-order chi connectivity index (χ0) is 23.8. The van der Waals surface area contributed by atoms with Crippen molar-refractivity contribution in [1.29, 1.82) is 0 Å². The highest BCUT2D eigenvalue weighted by atomic mass is 35.5. The maximum atomic E-state index is 13.5. The number of pyridine rings is 1. The predicted molar refractivity (Wildman–Crippen MR) is 131 cm³/mol. The standard InChI is InChI=1S/C27H27ClN4O3/c28-24-21-12-17(15-6-7-15)11-20(16-4-2-1-3-5-16)32(21)29-25(24)27(35)30-8-9-31(23(33)14-30)22-13-18-10-19(18)26(22)34/h1-5,11-12,15,18-19,22,26,34H,6-10,13-14H2/t18-,19-,22-,26-/m0/s1. The van der Waals surface area contributed by atoms with Crippen LogP contribution in [0.4, 0.5) is 0 Å². The van der Waals surface area contributed by atoms with E-state index in [1.807, 2.05) is 36.4 Å². The first-order valence-corrected chi connectivity index (χ1v) is 12.9. The molecule has 2 amide bonds. The summed E-state index contributed by atoms with van der Waals surface area (Å²) in [4.78, 5) is 29.8. The molecule has 3 heterocycles. The van der Waals surface area contributed by atoms with E-state index in [-0.39, 0.29) is 30.1 Å². The number of aliphatic hydroxyl groups excluding tert-OH is 1. The smallest absolute Gasteiger partial charge is 0.276 e. The first-order valence-electron chi connectivity index (χ1n) is 12.5. The van der Waals surface area contributed by atoms with Crippen molar-refractivity contribution in [3.05, 3.63) is 58.7 Å². The molecule has 0 unspecified atom stereocenters. The van der Waals surface area contributed by atoms with Crippen LogP contribution in [0.15, 0.2) is 42.5 Å². The zero-order valence-electron chi connectivity index (χ0n) is 19.3. The van der Waals surface area contributed by atoms with Crippen molar-refractivity contribution in [2.24, 2.45) is 11.8 Å². The summed E-state index contributed by atoms with van der Waals surface area (Å²) in [6.07, 6.45) is 3.83. The molecular weight excluding hydrogens is 464 g/mol. The Morgan fingerprint density at radius 3 is 2.57 bits per heavy atom. The maximum Gasteiger partial charge on any atom is 0.276 e. The number of aromatic nitrogens is 2. The molecule has 4 fully saturated rings. The number of nitrogens with zero attached hydrogens (tertiary/aromatic N) is 4. The second-order valence-corrected chi connectivity index (χ2v) is 10.9. The van der Waals surface area contributed by atoms with E-state index < -0.39 is 6.10 Å². The van der Waals surface area contributed by atoms with E-state index in [1.54, 1.807) is 14.3 Å². The number of piperazine rings is 1. The van der Waals surface area contributed by atoms with Gasteiger partial charge in [0.15, 0.2) is 5.69 Å². The van der Waals surface area contributed by atoms with Gasteiger partial charge in [-0.25, -0.2) is 4.52 Å². The summed E-state index contributed by atoms with van der Waals surface area (Å²) in [6, 6.07) is 14.1. The third kappa shape index (κ3) is 3.47. The van der Waals surface area contributed by atoms with Crippen molar-refractivity contribution < 1.29 is 14.7 Å². The Hall–Kier alpha value is -2.90. The number of halogens is 1. The lowest BCUT2D eigenvalue weighted by atomic mass is 10.1. The molecule has 1 N–H and O–H groups in total. The molecule has 4 aliphatic rings. The molecule has 4 atom stereocenters. The van der Waals surface area contributed by atoms with Gasteiger partial charge in [-0.05, 0) is 61.1 Å². The molecule has 1 aromatic carbocycles. The van der Waals surface area contributed by atoms with Crippen molar-refractivity contribution in [3.8, 4) is 11.3 Å². The fraction of sp³-hybridized carbons (Fsp3) is 0.444. The predicted octanol–water partition coefficient (Wildman–Crippen LogP) is 3.59. The fourth-order valence-corrected chi connectivity index (χ4v) is 6.36. The highest BCUT2D eigenvalue weighted by Gasteiger charge is 2.55. The number of amides is 2. The Balaban J connectivity index is 1.19. The number of rotatable bonds is 4. The Morgan fingerprint density at radius 1 is 1.09 bits per heavy atom. The van der Waals surface area contributed by atoms with Crippen molar-refractivity contribution >= 4 is 28.9 Å². The topological polar surface area (TPSA) is 78.2 Å². The molecule has 3 saturated carbocycles. The molecule has 1 aliphatic heterocycles. The fourth-order valence-electron chi connectivity index (χ4n) is 6.11. The summed E-state index contributed by atoms with van der Waals surface area (Å²) in [6.45, 7) is 0.824. The summed E-state index contributed by atoms with van der Waals surface area (Å²) in [5, 5.41) is 15.5. The van der Waals surface area contributed by atoms with Crippen LogP contribution in [0.5, 0.6) is 0 Å². The molecule has 180 valence electrons. The van der Waals surface area contributed by atoms with Crippen LogP contribution in [0.1, 0.15) is 47.7 Å². The molecule has 0 radical (unpaired) electrons. The number of benzene rings is 1. The highest BCUT2D eigenvalue weighted by Crippen LogP contribution is 2.53. The third-order valence-electron chi connectivity index (χ3n) is 8.32. The van der Waals surface area contributed by atoms with Crippen LogP contribution >= 0.6 is 11.6 Å². The van der Waals surface area contributed by atoms with Gasteiger partial charge in [0.1, 0.15) is 6.54 Å². The van der Waals surface area contributed by atoms with E-state index in [0.717, 1.165) is 42.5 Å². The largest absolute Gasteiger partial charge is 0.391 e. The van der Waals surface area contributed by atoms with E-state index >= 15 is 0 Å². The van der Waals surface area contributed by atoms with Gasteiger partial charge in [-0.2, -0.15) is 5.10 Å². The average molecular weight is 491 g/mol. The molecule has 1 saturated heterocycles. The van der Waals surface area contributed by atoms with Gasteiger partial charge in [-0.3, -0.25) is 9.59 Å². The number of carbonyl (C=O) groups excluding carboxylic acids is 2. The van der Waals surface area contributed by atoms with E-state index in [0.29, 0.717) is 35.9 Å². The summed E-state index contributed by atoms with van der Waals surface area (Å²) in [5.41, 5.74) is 4.03. The lowest BCUT2D eigenvalue weighted by Gasteiger charge is -2.39. The summed E-state index contributed by atoms with van der Waals surface area (Å²) < 4.78 is 1.76. The van der Waals surface area contributed by atoms with E-state index in [4.69, 9.17) is 11.6 Å². The Labute approximate surface area is 208 Å². The van der Waals surface area contributed by atoms with Gasteiger partial charge in [0, 0.05) is 18.7 Å². The molecule has 0 spiro atoms. The van der Waals surface area contributed by atoms with Crippen LogP contribution in [0.3, 0.4) is 0 Å². The molecule has 0 bridgehead atoms. The van der Waals surface area contributed by atoms with Crippen LogP contribution in [0.2, 0.25) is 5.02 Å². The number of hydrogen-bond acceptors (Lipinski definition) is 4. The van der Waals surface area contributed by atoms with Crippen molar-refractivity contribution in [2.45, 2.75) is 43.7 Å². The molecule has 7 rings (SSSR count). The second-order valence-electron chi connectivity index (χ2n) is 10.5. The second kappa shape index (κ2) is 7.80. The molecule has 35 heavy (non-hydrogen) atoms. The molecular formula is C27H27ClN4O3. The van der Waals surface area contributed by atoms with Gasteiger partial charge in [0.2, 0.25) is 5.91 Å². The van der Waals surface area contributed by atoms with Crippen LogP contribution in [-0.4, -0.2) is 68.1 Å². The number of carbonyl (C=O) groups is 2. The molecule has 3 aliphatic carbocycles. The van der Waals surface area contributed by atoms with Gasteiger partial charge >= 0.3 is 0 Å². The van der Waals surface area contributed by atoms with Crippen molar-refractivity contribution in [3.63, 3.8) is 0 Å². The number of fused-ring (bicyclic) bond motifs is 2. The molecule has 3 aromatic rings. The van der Waals surface area contributed by atoms with Gasteiger partial charge in [0.25, 0.3) is 5.91 Å². The minimum absolute atomic E-state index is 0.0134. The zero-order valence-corrected chi connectivity index (χ0v) is 20.1. The van der Waals surface area contributed by atoms with Gasteiger partial charge in [-0.1, -0.05) is 41.9 Å². The van der Waals surface area contributed by atoms with E-state index in [1.165, 1.54) is 5.56 Å². The first-order chi connectivity index (χ1) is 17.0. The summed E-state index contributed by atoms with van der Waals surface area (Å²) >= 11 is 6.78. The van der Waals surface area contributed by atoms with E-state index in [2.05, 4.69) is 11.2 Å². The SMILES string of the molecule is O=C(c1nn2c(-c3ccccc3)cc(C3CC3)cc2c1Cl)N1CCN([C@H]2C[C@@H]3C[C@@H]3[C@@H]2O)C(=O)C1. The van der Waals surface area contributed by atoms with Crippen LogP contribution in [0.25, 0.3) is 16.8 Å². The number of hydrogen-bond donors (Lipinski definition) is 1. The Morgan fingerprint density at radius 2 is 1.89 bits per heavy atom. The number of aliphatic hydroxyl groups is 1. The van der Waals surface area contributed by atoms with Gasteiger partial charge in [0.05, 0.1) is 28.4 Å². The molecule has 2 aromatic heterocycles. The Kier molecular flexibility index (Phi) is 4.77. The van der Waals surface area contributed by atoms with Crippen molar-refractivity contribution in [1.82, 2.24) is 19.4 Å². The van der Waals surface area contributed by atoms with E-state index in [9.17, 15) is 14.7 Å². The van der Waals surface area contributed by atoms with Crippen molar-refractivity contribution in [2.75, 3.05) is 19.6 Å². The highest BCUT2D eigenvalue weighted by molar-refractivity contribution is 6.37. The normalized spacial score (nSPS) is 28.0.